The lowest BCUT2D eigenvalue weighted by molar-refractivity contribution is 0.113. The first-order valence-corrected chi connectivity index (χ1v) is 11.9. The molecular weight excluding hydrogens is 479 g/mol. The number of nitrogens with zero attached hydrogens (tertiary/aromatic N) is 2. The van der Waals surface area contributed by atoms with Crippen LogP contribution in [-0.4, -0.2) is 23.2 Å². The lowest BCUT2D eigenvalue weighted by atomic mass is 9.95. The summed E-state index contributed by atoms with van der Waals surface area (Å²) in [5.74, 6) is 0. The van der Waals surface area contributed by atoms with Crippen molar-refractivity contribution in [3.05, 3.63) is 96.8 Å². The van der Waals surface area contributed by atoms with E-state index in [-0.39, 0.29) is 6.54 Å². The monoisotopic (exact) mass is 500 g/mol. The van der Waals surface area contributed by atoms with Crippen molar-refractivity contribution in [2.24, 2.45) is 5.29 Å². The third kappa shape index (κ3) is 5.10. The number of nitroso groups, excluding NO2 is 1. The molecule has 0 spiro atoms. The van der Waals surface area contributed by atoms with E-state index in [9.17, 15) is 10.0 Å². The Bertz CT molecular complexity index is 1210. The van der Waals surface area contributed by atoms with E-state index in [0.29, 0.717) is 27.2 Å². The largest absolute Gasteiger partial charge is 0.386 e. The summed E-state index contributed by atoms with van der Waals surface area (Å²) in [5.41, 5.74) is 6.30. The summed E-state index contributed by atoms with van der Waals surface area (Å²) in [6.45, 7) is 2.63. The number of aliphatic hydroxyl groups excluding tert-OH is 1. The van der Waals surface area contributed by atoms with E-state index in [1.54, 1.807) is 6.07 Å². The van der Waals surface area contributed by atoms with Crippen LogP contribution in [0, 0.1) is 4.91 Å². The Morgan fingerprint density at radius 3 is 2.33 bits per heavy atom. The molecule has 1 atom stereocenters. The molecule has 170 valence electrons. The number of hydrogen-bond acceptors (Lipinski definition) is 3. The molecule has 0 radical (unpaired) electrons. The highest BCUT2D eigenvalue weighted by Gasteiger charge is 2.30. The van der Waals surface area contributed by atoms with Crippen molar-refractivity contribution in [3.8, 4) is 11.1 Å². The summed E-state index contributed by atoms with van der Waals surface area (Å²) < 4.78 is 0. The van der Waals surface area contributed by atoms with Crippen LogP contribution >= 0.6 is 34.8 Å². The molecule has 4 rings (SSSR count). The molecule has 3 aromatic carbocycles. The Balaban J connectivity index is 1.84. The third-order valence-electron chi connectivity index (χ3n) is 5.77. The van der Waals surface area contributed by atoms with Gasteiger partial charge in [0.15, 0.2) is 0 Å². The molecule has 1 N–H and O–H groups in total. The van der Waals surface area contributed by atoms with Gasteiger partial charge in [0.25, 0.3) is 0 Å². The molecule has 0 heterocycles. The fraction of sp³-hybridized carbons (Fsp3) is 0.231. The van der Waals surface area contributed by atoms with E-state index in [1.165, 1.54) is 5.01 Å². The van der Waals surface area contributed by atoms with Gasteiger partial charge in [0, 0.05) is 21.6 Å². The minimum absolute atomic E-state index is 0.0927. The van der Waals surface area contributed by atoms with E-state index >= 15 is 0 Å². The van der Waals surface area contributed by atoms with Gasteiger partial charge < -0.3 is 5.11 Å². The maximum absolute atomic E-state index is 11.3. The van der Waals surface area contributed by atoms with Crippen LogP contribution in [0.2, 0.25) is 15.1 Å². The van der Waals surface area contributed by atoms with Crippen LogP contribution in [0.5, 0.6) is 0 Å². The number of rotatable bonds is 8. The van der Waals surface area contributed by atoms with Crippen LogP contribution in [0.15, 0.2) is 59.9 Å². The molecule has 0 bridgehead atoms. The van der Waals surface area contributed by atoms with Crippen LogP contribution in [0.1, 0.15) is 48.1 Å². The number of halogens is 3. The van der Waals surface area contributed by atoms with Crippen LogP contribution in [0.3, 0.4) is 0 Å². The number of hydrogen-bond donors (Lipinski definition) is 1. The van der Waals surface area contributed by atoms with E-state index in [1.807, 2.05) is 55.5 Å². The highest BCUT2D eigenvalue weighted by molar-refractivity contribution is 6.32. The Labute approximate surface area is 208 Å². The van der Waals surface area contributed by atoms with Gasteiger partial charge in [0.05, 0.1) is 17.9 Å². The van der Waals surface area contributed by atoms with Gasteiger partial charge >= 0.3 is 0 Å². The minimum atomic E-state index is -0.939. The molecule has 0 saturated heterocycles. The summed E-state index contributed by atoms with van der Waals surface area (Å²) >= 11 is 18.9. The van der Waals surface area contributed by atoms with Gasteiger partial charge in [-0.05, 0) is 87.8 Å². The molecule has 4 nitrogen and oxygen atoms in total. The Morgan fingerprint density at radius 1 is 0.939 bits per heavy atom. The van der Waals surface area contributed by atoms with Gasteiger partial charge in [-0.25, -0.2) is 0 Å². The van der Waals surface area contributed by atoms with Crippen molar-refractivity contribution in [2.75, 3.05) is 13.1 Å². The van der Waals surface area contributed by atoms with Gasteiger partial charge in [-0.3, -0.25) is 5.01 Å². The standard InChI is InChI=1S/C26H23Cl3N2O2/c1-2-3-10-31(30-33)15-25(32)24-14-19(29)13-23-21(11-16-4-6-17(27)7-5-16)22-12-18(28)8-9-20(22)26(23)24/h4-9,11-14,25,32H,2-3,10,15H2,1H3/b21-11-. The van der Waals surface area contributed by atoms with E-state index < -0.39 is 6.10 Å². The van der Waals surface area contributed by atoms with Gasteiger partial charge in [-0.1, -0.05) is 66.3 Å². The zero-order valence-corrected chi connectivity index (χ0v) is 20.3. The lowest BCUT2D eigenvalue weighted by Crippen LogP contribution is -2.24. The Kier molecular flexibility index (Phi) is 7.40. The lowest BCUT2D eigenvalue weighted by Gasteiger charge is -2.21. The zero-order chi connectivity index (χ0) is 23.5. The molecule has 0 fully saturated rings. The van der Waals surface area contributed by atoms with Crippen molar-refractivity contribution in [2.45, 2.75) is 25.9 Å². The molecule has 1 unspecified atom stereocenters. The van der Waals surface area contributed by atoms with E-state index in [0.717, 1.165) is 46.2 Å². The third-order valence-corrected chi connectivity index (χ3v) is 6.48. The van der Waals surface area contributed by atoms with Crippen molar-refractivity contribution < 1.29 is 5.11 Å². The minimum Gasteiger partial charge on any atom is -0.386 e. The van der Waals surface area contributed by atoms with Crippen LogP contribution in [0.4, 0.5) is 0 Å². The summed E-state index contributed by atoms with van der Waals surface area (Å²) in [6.07, 6.45) is 2.87. The van der Waals surface area contributed by atoms with Crippen molar-refractivity contribution >= 4 is 46.5 Å². The quantitative estimate of drug-likeness (QED) is 0.196. The number of fused-ring (bicyclic) bond motifs is 3. The first kappa shape index (κ1) is 23.8. The molecule has 0 aliphatic heterocycles. The predicted octanol–water partition coefficient (Wildman–Crippen LogP) is 8.03. The number of unbranched alkanes of at least 4 members (excludes halogenated alkanes) is 1. The maximum atomic E-state index is 11.3. The summed E-state index contributed by atoms with van der Waals surface area (Å²) in [5, 5.41) is 17.4. The number of aliphatic hydroxyl groups is 1. The average molecular weight is 502 g/mol. The summed E-state index contributed by atoms with van der Waals surface area (Å²) in [6, 6.07) is 16.9. The van der Waals surface area contributed by atoms with Crippen molar-refractivity contribution in [1.29, 1.82) is 0 Å². The average Bonchev–Trinajstić information content (AvgIpc) is 3.09. The maximum Gasteiger partial charge on any atom is 0.0989 e. The summed E-state index contributed by atoms with van der Waals surface area (Å²) in [4.78, 5) is 11.3. The van der Waals surface area contributed by atoms with Crippen LogP contribution in [-0.2, 0) is 0 Å². The first-order valence-electron chi connectivity index (χ1n) is 10.8. The topological polar surface area (TPSA) is 52.9 Å². The smallest absolute Gasteiger partial charge is 0.0989 e. The zero-order valence-electron chi connectivity index (χ0n) is 18.1. The predicted molar refractivity (Wildman–Crippen MR) is 138 cm³/mol. The van der Waals surface area contributed by atoms with Gasteiger partial charge in [-0.2, -0.15) is 0 Å². The normalized spacial score (nSPS) is 14.2. The SMILES string of the molecule is CCCCN(CC(O)c1cc(Cl)cc2c1-c1ccc(Cl)cc1/C2=C/c1ccc(Cl)cc1)N=O. The van der Waals surface area contributed by atoms with Crippen LogP contribution in [0.25, 0.3) is 22.8 Å². The highest BCUT2D eigenvalue weighted by Crippen LogP contribution is 2.50. The molecule has 0 saturated carbocycles. The van der Waals surface area contributed by atoms with Gasteiger partial charge in [0.2, 0.25) is 0 Å². The molecular formula is C26H23Cl3N2O2. The van der Waals surface area contributed by atoms with E-state index in [4.69, 9.17) is 34.8 Å². The molecule has 1 aliphatic rings. The second-order valence-electron chi connectivity index (χ2n) is 8.08. The fourth-order valence-electron chi connectivity index (χ4n) is 4.19. The molecule has 3 aromatic rings. The molecule has 0 aromatic heterocycles. The molecule has 1 aliphatic carbocycles. The Hall–Kier alpha value is -2.37. The first-order chi connectivity index (χ1) is 15.9. The fourth-order valence-corrected chi connectivity index (χ4v) is 4.72. The van der Waals surface area contributed by atoms with E-state index in [2.05, 4.69) is 11.4 Å². The molecule has 33 heavy (non-hydrogen) atoms. The Morgan fingerprint density at radius 2 is 1.64 bits per heavy atom. The molecule has 0 amide bonds. The summed E-state index contributed by atoms with van der Waals surface area (Å²) in [7, 11) is 0. The highest BCUT2D eigenvalue weighted by atomic mass is 35.5. The second-order valence-corrected chi connectivity index (χ2v) is 9.39. The number of benzene rings is 3. The van der Waals surface area contributed by atoms with Crippen LogP contribution < -0.4 is 0 Å². The van der Waals surface area contributed by atoms with Crippen molar-refractivity contribution in [1.82, 2.24) is 5.01 Å². The molecule has 7 heteroatoms. The second kappa shape index (κ2) is 10.3. The van der Waals surface area contributed by atoms with Gasteiger partial charge in [0.1, 0.15) is 0 Å². The van der Waals surface area contributed by atoms with Crippen molar-refractivity contribution in [3.63, 3.8) is 0 Å². The van der Waals surface area contributed by atoms with Gasteiger partial charge in [-0.15, -0.1) is 4.91 Å².